The summed E-state index contributed by atoms with van der Waals surface area (Å²) in [6, 6.07) is 4.67. The van der Waals surface area contributed by atoms with Gasteiger partial charge in [0, 0.05) is 23.3 Å². The molecular formula is C14H17N3O3. The minimum atomic E-state index is -0.426. The summed E-state index contributed by atoms with van der Waals surface area (Å²) in [5.74, 6) is 1.26. The number of nitro groups is 1. The first-order valence-corrected chi connectivity index (χ1v) is 6.39. The SMILES string of the molecule is Cc1ccc([N+](=O)[O-])cc1-c1onc(N)c1CC(C)C. The average Bonchev–Trinajstić information content (AvgIpc) is 2.71. The largest absolute Gasteiger partial charge is 0.381 e. The molecule has 0 saturated heterocycles. The van der Waals surface area contributed by atoms with Gasteiger partial charge < -0.3 is 10.3 Å². The maximum absolute atomic E-state index is 10.9. The zero-order valence-electron chi connectivity index (χ0n) is 11.7. The van der Waals surface area contributed by atoms with E-state index in [2.05, 4.69) is 19.0 Å². The predicted molar refractivity (Wildman–Crippen MR) is 76.3 cm³/mol. The van der Waals surface area contributed by atoms with E-state index in [0.717, 1.165) is 11.1 Å². The van der Waals surface area contributed by atoms with Crippen molar-refractivity contribution in [2.24, 2.45) is 5.92 Å². The summed E-state index contributed by atoms with van der Waals surface area (Å²) in [5, 5.41) is 14.7. The highest BCUT2D eigenvalue weighted by atomic mass is 16.6. The molecule has 0 aliphatic heterocycles. The van der Waals surface area contributed by atoms with E-state index < -0.39 is 4.92 Å². The van der Waals surface area contributed by atoms with E-state index in [0.29, 0.717) is 29.5 Å². The highest BCUT2D eigenvalue weighted by Crippen LogP contribution is 2.33. The Bertz CT molecular complexity index is 647. The van der Waals surface area contributed by atoms with E-state index in [4.69, 9.17) is 10.3 Å². The van der Waals surface area contributed by atoms with Crippen molar-refractivity contribution >= 4 is 11.5 Å². The van der Waals surface area contributed by atoms with Crippen molar-refractivity contribution in [3.8, 4) is 11.3 Å². The second-order valence-electron chi connectivity index (χ2n) is 5.23. The monoisotopic (exact) mass is 275 g/mol. The molecular weight excluding hydrogens is 258 g/mol. The molecule has 1 heterocycles. The maximum atomic E-state index is 10.9. The molecule has 106 valence electrons. The highest BCUT2D eigenvalue weighted by molar-refractivity contribution is 5.71. The van der Waals surface area contributed by atoms with Gasteiger partial charge in [-0.25, -0.2) is 0 Å². The summed E-state index contributed by atoms with van der Waals surface area (Å²) in [4.78, 5) is 10.5. The van der Waals surface area contributed by atoms with E-state index in [1.165, 1.54) is 12.1 Å². The fourth-order valence-electron chi connectivity index (χ4n) is 2.11. The summed E-state index contributed by atoms with van der Waals surface area (Å²) in [6.07, 6.45) is 0.715. The van der Waals surface area contributed by atoms with Gasteiger partial charge >= 0.3 is 0 Å². The summed E-state index contributed by atoms with van der Waals surface area (Å²) >= 11 is 0. The zero-order chi connectivity index (χ0) is 14.9. The van der Waals surface area contributed by atoms with Crippen LogP contribution in [-0.2, 0) is 6.42 Å². The number of hydrogen-bond donors (Lipinski definition) is 1. The topological polar surface area (TPSA) is 95.2 Å². The first kappa shape index (κ1) is 14.0. The molecule has 0 spiro atoms. The van der Waals surface area contributed by atoms with Crippen LogP contribution in [0.15, 0.2) is 22.7 Å². The Labute approximate surface area is 116 Å². The number of hydrogen-bond acceptors (Lipinski definition) is 5. The number of benzene rings is 1. The van der Waals surface area contributed by atoms with Crippen LogP contribution in [0.2, 0.25) is 0 Å². The molecule has 0 fully saturated rings. The number of anilines is 1. The van der Waals surface area contributed by atoms with Crippen LogP contribution in [0.1, 0.15) is 25.0 Å². The van der Waals surface area contributed by atoms with Crippen LogP contribution >= 0.6 is 0 Å². The van der Waals surface area contributed by atoms with Gasteiger partial charge in [0.2, 0.25) is 0 Å². The molecule has 0 aliphatic rings. The molecule has 0 saturated carbocycles. The van der Waals surface area contributed by atoms with Gasteiger partial charge in [-0.1, -0.05) is 25.1 Å². The molecule has 0 atom stereocenters. The van der Waals surface area contributed by atoms with Gasteiger partial charge in [0.1, 0.15) is 0 Å². The lowest BCUT2D eigenvalue weighted by atomic mass is 9.97. The Kier molecular flexibility index (Phi) is 3.74. The van der Waals surface area contributed by atoms with Gasteiger partial charge in [-0.15, -0.1) is 0 Å². The van der Waals surface area contributed by atoms with E-state index in [1.807, 2.05) is 6.92 Å². The summed E-state index contributed by atoms with van der Waals surface area (Å²) in [6.45, 7) is 6.00. The highest BCUT2D eigenvalue weighted by Gasteiger charge is 2.20. The van der Waals surface area contributed by atoms with Gasteiger partial charge in [0.15, 0.2) is 11.6 Å². The Morgan fingerprint density at radius 3 is 2.75 bits per heavy atom. The summed E-state index contributed by atoms with van der Waals surface area (Å²) in [5.41, 5.74) is 8.22. The third kappa shape index (κ3) is 2.64. The molecule has 6 nitrogen and oxygen atoms in total. The van der Waals surface area contributed by atoms with E-state index in [9.17, 15) is 10.1 Å². The standard InChI is InChI=1S/C14H17N3O3/c1-8(2)6-12-13(20-16-14(12)15)11-7-10(17(18)19)5-4-9(11)3/h4-5,7-8H,6H2,1-3H3,(H2,15,16). The summed E-state index contributed by atoms with van der Waals surface area (Å²) < 4.78 is 5.30. The third-order valence-corrected chi connectivity index (χ3v) is 3.11. The maximum Gasteiger partial charge on any atom is 0.270 e. The van der Waals surface area contributed by atoms with Crippen molar-refractivity contribution in [2.75, 3.05) is 5.73 Å². The molecule has 0 unspecified atom stereocenters. The molecule has 0 aliphatic carbocycles. The smallest absolute Gasteiger partial charge is 0.270 e. The Balaban J connectivity index is 2.56. The van der Waals surface area contributed by atoms with E-state index in [1.54, 1.807) is 6.07 Å². The lowest BCUT2D eigenvalue weighted by Gasteiger charge is -2.07. The van der Waals surface area contributed by atoms with Crippen molar-refractivity contribution in [3.63, 3.8) is 0 Å². The minimum Gasteiger partial charge on any atom is -0.381 e. The number of rotatable bonds is 4. The Morgan fingerprint density at radius 1 is 1.45 bits per heavy atom. The van der Waals surface area contributed by atoms with Crippen molar-refractivity contribution in [1.29, 1.82) is 0 Å². The average molecular weight is 275 g/mol. The molecule has 0 radical (unpaired) electrons. The fraction of sp³-hybridized carbons (Fsp3) is 0.357. The second kappa shape index (κ2) is 5.32. The quantitative estimate of drug-likeness (QED) is 0.682. The first-order valence-electron chi connectivity index (χ1n) is 6.39. The van der Waals surface area contributed by atoms with Crippen LogP contribution in [0.25, 0.3) is 11.3 Å². The van der Waals surface area contributed by atoms with Crippen molar-refractivity contribution in [3.05, 3.63) is 39.4 Å². The molecule has 2 aromatic rings. The number of nitrogens with two attached hydrogens (primary N) is 1. The van der Waals surface area contributed by atoms with Crippen LogP contribution in [0.3, 0.4) is 0 Å². The lowest BCUT2D eigenvalue weighted by Crippen LogP contribution is -1.99. The molecule has 0 bridgehead atoms. The number of aromatic nitrogens is 1. The van der Waals surface area contributed by atoms with Crippen LogP contribution < -0.4 is 5.73 Å². The number of nitrogen functional groups attached to an aromatic ring is 1. The number of non-ortho nitro benzene ring substituents is 1. The molecule has 1 aromatic heterocycles. The second-order valence-corrected chi connectivity index (χ2v) is 5.23. The Hall–Kier alpha value is -2.37. The predicted octanol–water partition coefficient (Wildman–Crippen LogP) is 3.34. The van der Waals surface area contributed by atoms with Gasteiger partial charge in [-0.3, -0.25) is 10.1 Å². The molecule has 20 heavy (non-hydrogen) atoms. The minimum absolute atomic E-state index is 0.0241. The summed E-state index contributed by atoms with van der Waals surface area (Å²) in [7, 11) is 0. The van der Waals surface area contributed by atoms with E-state index in [-0.39, 0.29) is 5.69 Å². The van der Waals surface area contributed by atoms with Crippen LogP contribution in [0.5, 0.6) is 0 Å². The third-order valence-electron chi connectivity index (χ3n) is 3.11. The number of nitrogens with zero attached hydrogens (tertiary/aromatic N) is 2. The zero-order valence-corrected chi connectivity index (χ0v) is 11.7. The lowest BCUT2D eigenvalue weighted by molar-refractivity contribution is -0.384. The fourth-order valence-corrected chi connectivity index (χ4v) is 2.11. The molecule has 2 rings (SSSR count). The molecule has 1 aromatic carbocycles. The van der Waals surface area contributed by atoms with Gasteiger partial charge in [-0.05, 0) is 24.8 Å². The van der Waals surface area contributed by atoms with Crippen LogP contribution in [0.4, 0.5) is 11.5 Å². The Morgan fingerprint density at radius 2 is 2.15 bits per heavy atom. The van der Waals surface area contributed by atoms with Crippen molar-refractivity contribution < 1.29 is 9.45 Å². The number of aryl methyl sites for hydroxylation is 1. The molecule has 0 amide bonds. The van der Waals surface area contributed by atoms with E-state index >= 15 is 0 Å². The first-order chi connectivity index (χ1) is 9.40. The van der Waals surface area contributed by atoms with Gasteiger partial charge in [0.25, 0.3) is 5.69 Å². The normalized spacial score (nSPS) is 11.0. The van der Waals surface area contributed by atoms with Crippen LogP contribution in [0, 0.1) is 23.0 Å². The van der Waals surface area contributed by atoms with Gasteiger partial charge in [-0.2, -0.15) is 0 Å². The van der Waals surface area contributed by atoms with Gasteiger partial charge in [0.05, 0.1) is 4.92 Å². The number of nitro benzene ring substituents is 1. The molecule has 2 N–H and O–H groups in total. The van der Waals surface area contributed by atoms with Crippen LogP contribution in [-0.4, -0.2) is 10.1 Å². The molecule has 6 heteroatoms. The van der Waals surface area contributed by atoms with Crippen molar-refractivity contribution in [1.82, 2.24) is 5.16 Å². The van der Waals surface area contributed by atoms with Crippen molar-refractivity contribution in [2.45, 2.75) is 27.2 Å².